The fraction of sp³-hybridized carbons (Fsp3) is 0.0952. The zero-order valence-corrected chi connectivity index (χ0v) is 16.2. The van der Waals surface area contributed by atoms with Crippen LogP contribution in [0.15, 0.2) is 70.5 Å². The first-order valence-corrected chi connectivity index (χ1v) is 9.85. The summed E-state index contributed by atoms with van der Waals surface area (Å²) in [7, 11) is 1.61. The lowest BCUT2D eigenvalue weighted by atomic mass is 10.0. The Labute approximate surface area is 166 Å². The van der Waals surface area contributed by atoms with Gasteiger partial charge in [-0.1, -0.05) is 12.1 Å². The molecule has 4 aromatic rings. The van der Waals surface area contributed by atoms with E-state index in [1.807, 2.05) is 60.9 Å². The molecule has 0 saturated carbocycles. The number of thioether (sulfide) groups is 1. The number of pyridine rings is 1. The van der Waals surface area contributed by atoms with Gasteiger partial charge in [-0.2, -0.15) is 4.98 Å². The Morgan fingerprint density at radius 1 is 1.04 bits per heavy atom. The van der Waals surface area contributed by atoms with Crippen molar-refractivity contribution in [3.8, 4) is 16.9 Å². The van der Waals surface area contributed by atoms with Gasteiger partial charge >= 0.3 is 0 Å². The number of hydrogen-bond donors (Lipinski definition) is 2. The van der Waals surface area contributed by atoms with Crippen molar-refractivity contribution in [3.63, 3.8) is 0 Å². The lowest BCUT2D eigenvalue weighted by Gasteiger charge is -2.09. The molecule has 0 radical (unpaired) electrons. The molecule has 0 unspecified atom stereocenters. The van der Waals surface area contributed by atoms with Crippen LogP contribution in [0.3, 0.4) is 0 Å². The monoisotopic (exact) mass is 390 g/mol. The highest BCUT2D eigenvalue weighted by molar-refractivity contribution is 7.98. The number of methoxy groups -OCH3 is 1. The molecule has 0 atom stereocenters. The smallest absolute Gasteiger partial charge is 0.262 e. The van der Waals surface area contributed by atoms with Crippen LogP contribution in [0.4, 0.5) is 11.6 Å². The third kappa shape index (κ3) is 3.57. The van der Waals surface area contributed by atoms with Crippen molar-refractivity contribution in [3.05, 3.63) is 71.1 Å². The molecule has 0 spiro atoms. The molecule has 140 valence electrons. The summed E-state index contributed by atoms with van der Waals surface area (Å²) in [6.07, 6.45) is 3.70. The normalized spacial score (nSPS) is 10.8. The summed E-state index contributed by atoms with van der Waals surface area (Å²) in [6, 6.07) is 17.3. The second-order valence-electron chi connectivity index (χ2n) is 6.05. The fourth-order valence-corrected chi connectivity index (χ4v) is 3.35. The van der Waals surface area contributed by atoms with Crippen molar-refractivity contribution in [2.75, 3.05) is 18.7 Å². The molecule has 0 aliphatic rings. The number of benzene rings is 2. The van der Waals surface area contributed by atoms with Gasteiger partial charge in [0.05, 0.1) is 12.5 Å². The Bertz CT molecular complexity index is 1170. The van der Waals surface area contributed by atoms with Gasteiger partial charge in [-0.15, -0.1) is 11.8 Å². The van der Waals surface area contributed by atoms with Crippen LogP contribution in [0.5, 0.6) is 5.75 Å². The molecule has 2 aromatic heterocycles. The van der Waals surface area contributed by atoms with Gasteiger partial charge in [0.25, 0.3) is 5.56 Å². The maximum absolute atomic E-state index is 12.8. The first-order valence-electron chi connectivity index (χ1n) is 8.62. The topological polar surface area (TPSA) is 79.9 Å². The Kier molecular flexibility index (Phi) is 4.99. The van der Waals surface area contributed by atoms with Crippen LogP contribution in [0.25, 0.3) is 22.2 Å². The summed E-state index contributed by atoms with van der Waals surface area (Å²) in [5.41, 5.74) is 2.70. The molecule has 0 aliphatic heterocycles. The molecule has 0 aliphatic carbocycles. The van der Waals surface area contributed by atoms with Crippen LogP contribution in [-0.2, 0) is 0 Å². The number of fused-ring (bicyclic) bond motifs is 1. The third-order valence-corrected chi connectivity index (χ3v) is 5.11. The quantitative estimate of drug-likeness (QED) is 0.490. The highest BCUT2D eigenvalue weighted by Gasteiger charge is 2.12. The average molecular weight is 390 g/mol. The van der Waals surface area contributed by atoms with Crippen molar-refractivity contribution >= 4 is 34.4 Å². The van der Waals surface area contributed by atoms with E-state index in [0.717, 1.165) is 22.6 Å². The van der Waals surface area contributed by atoms with E-state index in [2.05, 4.69) is 20.3 Å². The average Bonchev–Trinajstić information content (AvgIpc) is 2.74. The summed E-state index contributed by atoms with van der Waals surface area (Å²) < 4.78 is 5.15. The first kappa shape index (κ1) is 18.1. The number of aromatic amines is 1. The maximum atomic E-state index is 12.8. The predicted molar refractivity (Wildman–Crippen MR) is 114 cm³/mol. The number of rotatable bonds is 5. The summed E-state index contributed by atoms with van der Waals surface area (Å²) in [5, 5.41) is 3.57. The lowest BCUT2D eigenvalue weighted by molar-refractivity contribution is 0.415. The number of hydrogen-bond acceptors (Lipinski definition) is 6. The van der Waals surface area contributed by atoms with Crippen LogP contribution in [-0.4, -0.2) is 28.3 Å². The third-order valence-electron chi connectivity index (χ3n) is 4.36. The molecule has 7 heteroatoms. The molecule has 0 saturated heterocycles. The van der Waals surface area contributed by atoms with E-state index in [-0.39, 0.29) is 5.56 Å². The number of nitrogens with one attached hydrogen (secondary N) is 2. The van der Waals surface area contributed by atoms with Gasteiger partial charge in [-0.25, -0.2) is 4.98 Å². The number of anilines is 2. The minimum absolute atomic E-state index is 0.238. The van der Waals surface area contributed by atoms with Crippen LogP contribution >= 0.6 is 11.8 Å². The molecule has 28 heavy (non-hydrogen) atoms. The van der Waals surface area contributed by atoms with Crippen molar-refractivity contribution in [2.45, 2.75) is 4.90 Å². The maximum Gasteiger partial charge on any atom is 0.262 e. The van der Waals surface area contributed by atoms with E-state index < -0.39 is 0 Å². The van der Waals surface area contributed by atoms with Crippen LogP contribution < -0.4 is 15.6 Å². The van der Waals surface area contributed by atoms with Crippen molar-refractivity contribution < 1.29 is 4.74 Å². The zero-order chi connectivity index (χ0) is 19.5. The summed E-state index contributed by atoms with van der Waals surface area (Å²) >= 11 is 1.68. The van der Waals surface area contributed by atoms with Crippen LogP contribution in [0.2, 0.25) is 0 Å². The van der Waals surface area contributed by atoms with Gasteiger partial charge in [0.1, 0.15) is 5.75 Å². The summed E-state index contributed by atoms with van der Waals surface area (Å²) in [4.78, 5) is 25.6. The number of ether oxygens (including phenoxy) is 1. The van der Waals surface area contributed by atoms with Gasteiger partial charge in [0.2, 0.25) is 5.95 Å². The van der Waals surface area contributed by atoms with Crippen molar-refractivity contribution in [2.24, 2.45) is 0 Å². The number of aromatic nitrogens is 3. The molecule has 0 bridgehead atoms. The van der Waals surface area contributed by atoms with Gasteiger partial charge in [-0.3, -0.25) is 9.78 Å². The minimum atomic E-state index is -0.238. The number of nitrogens with zero attached hydrogens (tertiary/aromatic N) is 2. The van der Waals surface area contributed by atoms with E-state index in [4.69, 9.17) is 4.74 Å². The molecule has 0 amide bonds. The molecule has 2 aromatic carbocycles. The first-order chi connectivity index (χ1) is 13.7. The molecular weight excluding hydrogens is 372 g/mol. The van der Waals surface area contributed by atoms with Crippen molar-refractivity contribution in [1.29, 1.82) is 0 Å². The van der Waals surface area contributed by atoms with Gasteiger partial charge in [0, 0.05) is 16.8 Å². The largest absolute Gasteiger partial charge is 0.497 e. The van der Waals surface area contributed by atoms with E-state index >= 15 is 0 Å². The van der Waals surface area contributed by atoms with Crippen LogP contribution in [0.1, 0.15) is 0 Å². The van der Waals surface area contributed by atoms with Gasteiger partial charge in [-0.05, 0) is 59.8 Å². The second-order valence-corrected chi connectivity index (χ2v) is 6.93. The predicted octanol–water partition coefficient (Wildman–Crippen LogP) is 4.46. The molecule has 6 nitrogen and oxygen atoms in total. The number of H-pyrrole nitrogens is 1. The second kappa shape index (κ2) is 7.74. The zero-order valence-electron chi connectivity index (χ0n) is 15.4. The van der Waals surface area contributed by atoms with E-state index in [1.54, 1.807) is 25.1 Å². The van der Waals surface area contributed by atoms with Gasteiger partial charge < -0.3 is 10.1 Å². The van der Waals surface area contributed by atoms with E-state index in [9.17, 15) is 4.79 Å². The minimum Gasteiger partial charge on any atom is -0.497 e. The Balaban J connectivity index is 1.73. The highest BCUT2D eigenvalue weighted by atomic mass is 32.2. The molecule has 4 rings (SSSR count). The Hall–Kier alpha value is -3.32. The molecule has 2 N–H and O–H groups in total. The van der Waals surface area contributed by atoms with Crippen LogP contribution in [0, 0.1) is 0 Å². The van der Waals surface area contributed by atoms with E-state index in [0.29, 0.717) is 17.0 Å². The Morgan fingerprint density at radius 3 is 2.46 bits per heavy atom. The van der Waals surface area contributed by atoms with Gasteiger partial charge in [0.15, 0.2) is 5.65 Å². The Morgan fingerprint density at radius 2 is 1.79 bits per heavy atom. The van der Waals surface area contributed by atoms with Crippen molar-refractivity contribution in [1.82, 2.24) is 15.0 Å². The SMILES string of the molecule is COc1ccc(Nc2nc3nccc(-c4ccc(SC)cc4)c3c(=O)[nH]2)cc1. The summed E-state index contributed by atoms with van der Waals surface area (Å²) in [6.45, 7) is 0. The molecule has 2 heterocycles. The highest BCUT2D eigenvalue weighted by Crippen LogP contribution is 2.27. The van der Waals surface area contributed by atoms with E-state index in [1.165, 1.54) is 4.90 Å². The summed E-state index contributed by atoms with van der Waals surface area (Å²) in [5.74, 6) is 1.09. The molecular formula is C21H18N4O2S. The fourth-order valence-electron chi connectivity index (χ4n) is 2.94. The standard InChI is InChI=1S/C21H18N4O2S/c1-27-15-7-5-14(6-8-15)23-21-24-19-18(20(26)25-21)17(11-12-22-19)13-3-9-16(28-2)10-4-13/h3-12H,1-2H3,(H2,22,23,24,25,26). The molecule has 0 fully saturated rings. The lowest BCUT2D eigenvalue weighted by Crippen LogP contribution is -2.13.